The van der Waals surface area contributed by atoms with Crippen molar-refractivity contribution in [1.82, 2.24) is 0 Å². The van der Waals surface area contributed by atoms with E-state index < -0.39 is 23.3 Å². The van der Waals surface area contributed by atoms with E-state index in [9.17, 15) is 14.0 Å². The Morgan fingerprint density at radius 1 is 1.19 bits per heavy atom. The van der Waals surface area contributed by atoms with Gasteiger partial charge in [0.15, 0.2) is 5.17 Å². The van der Waals surface area contributed by atoms with Crippen molar-refractivity contribution in [1.29, 1.82) is 0 Å². The normalized spacial score (nSPS) is 15.4. The summed E-state index contributed by atoms with van der Waals surface area (Å²) in [6.45, 7) is 5.28. The molecule has 0 atom stereocenters. The first kappa shape index (κ1) is 23.3. The van der Waals surface area contributed by atoms with Crippen LogP contribution in [0.1, 0.15) is 26.3 Å². The topological polar surface area (TPSA) is 59.0 Å². The number of hydrogen-bond donors (Lipinski definition) is 0. The Hall–Kier alpha value is -2.35. The van der Waals surface area contributed by atoms with E-state index in [1.54, 1.807) is 45.0 Å². The molecule has 1 aliphatic heterocycles. The average Bonchev–Trinajstić information content (AvgIpc) is 2.97. The van der Waals surface area contributed by atoms with Gasteiger partial charge in [-0.2, -0.15) is 0 Å². The number of halogens is 3. The first-order valence-electron chi connectivity index (χ1n) is 9.24. The van der Waals surface area contributed by atoms with Crippen LogP contribution in [0.25, 0.3) is 6.08 Å². The summed E-state index contributed by atoms with van der Waals surface area (Å²) < 4.78 is 19.8. The molecule has 162 valence electrons. The van der Waals surface area contributed by atoms with Crippen LogP contribution < -0.4 is 4.90 Å². The molecule has 0 unspecified atom stereocenters. The van der Waals surface area contributed by atoms with Crippen molar-refractivity contribution in [2.75, 3.05) is 10.7 Å². The molecule has 0 fully saturated rings. The van der Waals surface area contributed by atoms with Gasteiger partial charge in [-0.3, -0.25) is 14.5 Å². The number of esters is 1. The number of ether oxygens (including phenoxy) is 1. The smallest absolute Gasteiger partial charge is 0.316 e. The number of benzene rings is 2. The molecule has 9 heteroatoms. The maximum absolute atomic E-state index is 14.5. The van der Waals surface area contributed by atoms with Crippen LogP contribution in [0, 0.1) is 5.82 Å². The summed E-state index contributed by atoms with van der Waals surface area (Å²) in [7, 11) is 0. The zero-order valence-electron chi connectivity index (χ0n) is 17.0. The minimum atomic E-state index is -0.644. The number of nitrogens with zero attached hydrogens (tertiary/aromatic N) is 2. The summed E-state index contributed by atoms with van der Waals surface area (Å²) in [5, 5.41) is 0.884. The summed E-state index contributed by atoms with van der Waals surface area (Å²) in [6.07, 6.45) is 1.53. The maximum atomic E-state index is 14.5. The van der Waals surface area contributed by atoms with Gasteiger partial charge in [0.05, 0.1) is 21.5 Å². The third-order valence-electron chi connectivity index (χ3n) is 3.91. The molecule has 2 aromatic carbocycles. The number of carbonyl (C=O) groups excluding carboxylic acids is 2. The Kier molecular flexibility index (Phi) is 7.09. The van der Waals surface area contributed by atoms with Gasteiger partial charge in [-0.05, 0) is 56.7 Å². The molecule has 0 bridgehead atoms. The molecule has 0 radical (unpaired) electrons. The third-order valence-corrected chi connectivity index (χ3v) is 5.56. The van der Waals surface area contributed by atoms with Crippen molar-refractivity contribution in [3.63, 3.8) is 0 Å². The molecule has 2 aromatic rings. The van der Waals surface area contributed by atoms with Gasteiger partial charge in [0, 0.05) is 0 Å². The van der Waals surface area contributed by atoms with Crippen molar-refractivity contribution in [2.45, 2.75) is 26.4 Å². The molecule has 0 spiro atoms. The molecule has 0 N–H and O–H groups in total. The molecule has 5 nitrogen and oxygen atoms in total. The van der Waals surface area contributed by atoms with Gasteiger partial charge in [0.1, 0.15) is 17.1 Å². The second-order valence-electron chi connectivity index (χ2n) is 7.56. The molecule has 1 aliphatic rings. The second-order valence-corrected chi connectivity index (χ2v) is 9.32. The van der Waals surface area contributed by atoms with E-state index >= 15 is 0 Å². The van der Waals surface area contributed by atoms with Crippen LogP contribution in [0.5, 0.6) is 0 Å². The lowest BCUT2D eigenvalue weighted by atomic mass is 10.2. The second kappa shape index (κ2) is 9.42. The van der Waals surface area contributed by atoms with Crippen LogP contribution >= 0.6 is 35.0 Å². The van der Waals surface area contributed by atoms with E-state index in [1.807, 2.05) is 0 Å². The lowest BCUT2D eigenvalue weighted by molar-refractivity contribution is -0.151. The quantitative estimate of drug-likeness (QED) is 0.400. The number of thioether (sulfide) groups is 1. The molecule has 31 heavy (non-hydrogen) atoms. The highest BCUT2D eigenvalue weighted by atomic mass is 35.5. The Bertz CT molecular complexity index is 1100. The van der Waals surface area contributed by atoms with E-state index in [0.717, 1.165) is 16.7 Å². The molecule has 0 aromatic heterocycles. The lowest BCUT2D eigenvalue weighted by Crippen LogP contribution is -2.32. The molecular weight excluding hydrogens is 462 g/mol. The van der Waals surface area contributed by atoms with Crippen molar-refractivity contribution in [2.24, 2.45) is 4.99 Å². The molecule has 3 rings (SSSR count). The van der Waals surface area contributed by atoms with Gasteiger partial charge in [0.25, 0.3) is 5.91 Å². The van der Waals surface area contributed by atoms with Crippen LogP contribution in [0.2, 0.25) is 10.0 Å². The zero-order valence-corrected chi connectivity index (χ0v) is 19.3. The van der Waals surface area contributed by atoms with Crippen LogP contribution in [-0.4, -0.2) is 28.4 Å². The first-order chi connectivity index (χ1) is 14.5. The fourth-order valence-corrected chi connectivity index (χ4v) is 3.78. The fraction of sp³-hybridized carbons (Fsp3) is 0.227. The highest BCUT2D eigenvalue weighted by Crippen LogP contribution is 2.32. The molecule has 1 amide bonds. The number of amides is 1. The fourth-order valence-electron chi connectivity index (χ4n) is 2.69. The Labute approximate surface area is 193 Å². The zero-order chi connectivity index (χ0) is 22.8. The molecule has 0 saturated carbocycles. The summed E-state index contributed by atoms with van der Waals surface area (Å²) in [5.74, 6) is -1.67. The molecule has 0 saturated heterocycles. The summed E-state index contributed by atoms with van der Waals surface area (Å²) in [6, 6.07) is 10.7. The molecule has 1 heterocycles. The third kappa shape index (κ3) is 5.87. The summed E-state index contributed by atoms with van der Waals surface area (Å²) in [4.78, 5) is 30.7. The van der Waals surface area contributed by atoms with Crippen molar-refractivity contribution in [3.05, 3.63) is 69.6 Å². The first-order valence-corrected chi connectivity index (χ1v) is 11.0. The SMILES string of the molecule is CC(C)(C)OC(=O)CSC1=NC(=Cc2ccc(Cl)c(Cl)c2)C(=O)N1c1ccccc1F. The van der Waals surface area contributed by atoms with Crippen molar-refractivity contribution < 1.29 is 18.7 Å². The monoisotopic (exact) mass is 480 g/mol. The van der Waals surface area contributed by atoms with Gasteiger partial charge in [-0.15, -0.1) is 0 Å². The van der Waals surface area contributed by atoms with Crippen molar-refractivity contribution in [3.8, 4) is 0 Å². The van der Waals surface area contributed by atoms with Crippen LogP contribution in [0.4, 0.5) is 10.1 Å². The van der Waals surface area contributed by atoms with Crippen LogP contribution in [0.3, 0.4) is 0 Å². The van der Waals surface area contributed by atoms with E-state index in [1.165, 1.54) is 24.3 Å². The Morgan fingerprint density at radius 2 is 1.90 bits per heavy atom. The molecule has 0 aliphatic carbocycles. The summed E-state index contributed by atoms with van der Waals surface area (Å²) in [5.41, 5.74) is 0.0805. The predicted octanol–water partition coefficient (Wildman–Crippen LogP) is 5.95. The number of rotatable bonds is 4. The Morgan fingerprint density at radius 3 is 2.55 bits per heavy atom. The number of hydrogen-bond acceptors (Lipinski definition) is 5. The standard InChI is InChI=1S/C22H19Cl2FN2O3S/c1-22(2,3)30-19(28)12-31-21-26-17(11-13-8-9-14(23)15(24)10-13)20(29)27(21)18-7-5-4-6-16(18)25/h4-11H,12H2,1-3H3. The minimum absolute atomic E-state index is 0.0421. The number of para-hydroxylation sites is 1. The van der Waals surface area contributed by atoms with Gasteiger partial charge in [-0.1, -0.05) is 53.2 Å². The van der Waals surface area contributed by atoms with Crippen LogP contribution in [-0.2, 0) is 14.3 Å². The number of carbonyl (C=O) groups is 2. The van der Waals surface area contributed by atoms with E-state index in [2.05, 4.69) is 4.99 Å². The van der Waals surface area contributed by atoms with E-state index in [4.69, 9.17) is 27.9 Å². The average molecular weight is 481 g/mol. The van der Waals surface area contributed by atoms with Gasteiger partial charge in [0.2, 0.25) is 0 Å². The van der Waals surface area contributed by atoms with Gasteiger partial charge < -0.3 is 4.74 Å². The van der Waals surface area contributed by atoms with E-state index in [0.29, 0.717) is 15.6 Å². The lowest BCUT2D eigenvalue weighted by Gasteiger charge is -2.20. The number of amidine groups is 1. The number of anilines is 1. The molecular formula is C22H19Cl2FN2O3S. The largest absolute Gasteiger partial charge is 0.459 e. The van der Waals surface area contributed by atoms with Gasteiger partial charge in [-0.25, -0.2) is 9.38 Å². The van der Waals surface area contributed by atoms with Crippen LogP contribution in [0.15, 0.2) is 53.2 Å². The van der Waals surface area contributed by atoms with E-state index in [-0.39, 0.29) is 22.3 Å². The highest BCUT2D eigenvalue weighted by Gasteiger charge is 2.34. The van der Waals surface area contributed by atoms with Crippen molar-refractivity contribution >= 4 is 63.8 Å². The summed E-state index contributed by atoms with van der Waals surface area (Å²) >= 11 is 13.0. The minimum Gasteiger partial charge on any atom is -0.459 e. The number of aliphatic imine (C=N–C) groups is 1. The van der Waals surface area contributed by atoms with Gasteiger partial charge >= 0.3 is 5.97 Å². The predicted molar refractivity (Wildman–Crippen MR) is 124 cm³/mol. The Balaban J connectivity index is 1.93. The highest BCUT2D eigenvalue weighted by molar-refractivity contribution is 8.14. The maximum Gasteiger partial charge on any atom is 0.316 e.